The monoisotopic (exact) mass is 538 g/mol. The number of nitrogens with zero attached hydrogens (tertiary/aromatic N) is 1. The van der Waals surface area contributed by atoms with Crippen LogP contribution in [0.3, 0.4) is 0 Å². The van der Waals surface area contributed by atoms with E-state index in [1.54, 1.807) is 12.1 Å². The summed E-state index contributed by atoms with van der Waals surface area (Å²) in [5.41, 5.74) is 3.60. The summed E-state index contributed by atoms with van der Waals surface area (Å²) in [4.78, 5) is 4.74. The van der Waals surface area contributed by atoms with E-state index in [4.69, 9.17) is 11.8 Å². The Balaban J connectivity index is 1.60. The summed E-state index contributed by atoms with van der Waals surface area (Å²) < 4.78 is 52.7. The SMILES string of the molecule is C#C/C(=C(/C)c1ccc(S(=O)CC(=N)C2(C(F)(F)F)CC2)cn1)c1cc(C)ccc1C(=C)C1CCCCC1. The highest BCUT2D eigenvalue weighted by atomic mass is 32.2. The smallest absolute Gasteiger partial charge is 0.308 e. The number of nitrogens with one attached hydrogen (secondary N) is 1. The van der Waals surface area contributed by atoms with E-state index in [-0.39, 0.29) is 17.7 Å². The molecule has 2 fully saturated rings. The highest BCUT2D eigenvalue weighted by Crippen LogP contribution is 2.58. The lowest BCUT2D eigenvalue weighted by molar-refractivity contribution is -0.165. The largest absolute Gasteiger partial charge is 0.399 e. The van der Waals surface area contributed by atoms with Gasteiger partial charge in [-0.2, -0.15) is 13.2 Å². The van der Waals surface area contributed by atoms with Crippen molar-refractivity contribution >= 4 is 33.2 Å². The van der Waals surface area contributed by atoms with Crippen molar-refractivity contribution in [1.29, 1.82) is 5.41 Å². The van der Waals surface area contributed by atoms with Crippen LogP contribution in [-0.4, -0.2) is 26.8 Å². The number of hydrogen-bond donors (Lipinski definition) is 1. The van der Waals surface area contributed by atoms with E-state index < -0.39 is 33.9 Å². The summed E-state index contributed by atoms with van der Waals surface area (Å²) in [6.45, 7) is 8.36. The van der Waals surface area contributed by atoms with Gasteiger partial charge in [-0.1, -0.05) is 55.5 Å². The van der Waals surface area contributed by atoms with E-state index in [1.165, 1.54) is 25.5 Å². The van der Waals surface area contributed by atoms with Gasteiger partial charge in [0.2, 0.25) is 0 Å². The summed E-state index contributed by atoms with van der Waals surface area (Å²) in [6, 6.07) is 9.51. The number of pyridine rings is 1. The Morgan fingerprint density at radius 1 is 1.18 bits per heavy atom. The van der Waals surface area contributed by atoms with Crippen LogP contribution in [0.4, 0.5) is 13.2 Å². The van der Waals surface area contributed by atoms with E-state index in [0.29, 0.717) is 17.2 Å². The molecule has 2 aliphatic carbocycles. The van der Waals surface area contributed by atoms with Crippen LogP contribution in [0.15, 0.2) is 48.0 Å². The lowest BCUT2D eigenvalue weighted by Crippen LogP contribution is -2.35. The molecule has 1 aromatic heterocycles. The molecule has 0 radical (unpaired) electrons. The second-order valence-electron chi connectivity index (χ2n) is 10.5. The van der Waals surface area contributed by atoms with E-state index in [1.807, 2.05) is 13.8 Å². The molecule has 1 atom stereocenters. The van der Waals surface area contributed by atoms with Crippen molar-refractivity contribution in [2.45, 2.75) is 69.9 Å². The molecule has 1 heterocycles. The number of hydrogen-bond acceptors (Lipinski definition) is 3. The maximum absolute atomic E-state index is 13.3. The van der Waals surface area contributed by atoms with Crippen molar-refractivity contribution in [3.05, 3.63) is 65.5 Å². The van der Waals surface area contributed by atoms with Crippen molar-refractivity contribution in [2.24, 2.45) is 11.3 Å². The third-order valence-electron chi connectivity index (χ3n) is 7.94. The average Bonchev–Trinajstić information content (AvgIpc) is 3.72. The molecular weight excluding hydrogens is 505 g/mol. The minimum Gasteiger partial charge on any atom is -0.308 e. The van der Waals surface area contributed by atoms with Gasteiger partial charge in [-0.05, 0) is 79.9 Å². The predicted molar refractivity (Wildman–Crippen MR) is 149 cm³/mol. The molecule has 1 aromatic carbocycles. The first-order valence-corrected chi connectivity index (χ1v) is 14.3. The second kappa shape index (κ2) is 11.0. The first-order valence-electron chi connectivity index (χ1n) is 13.0. The quantitative estimate of drug-likeness (QED) is 0.273. The molecule has 2 aromatic rings. The maximum Gasteiger partial charge on any atom is 0.399 e. The Labute approximate surface area is 225 Å². The number of halogens is 3. The van der Waals surface area contributed by atoms with Gasteiger partial charge in [0.25, 0.3) is 0 Å². The minimum absolute atomic E-state index is 0.114. The van der Waals surface area contributed by atoms with Crippen LogP contribution in [0.5, 0.6) is 0 Å². The van der Waals surface area contributed by atoms with Crippen LogP contribution in [0.2, 0.25) is 0 Å². The molecule has 0 aliphatic heterocycles. The van der Waals surface area contributed by atoms with Gasteiger partial charge in [-0.15, -0.1) is 6.42 Å². The Bertz CT molecular complexity index is 1340. The lowest BCUT2D eigenvalue weighted by Gasteiger charge is -2.26. The number of terminal acetylenes is 1. The number of benzene rings is 1. The molecule has 2 aliphatic rings. The van der Waals surface area contributed by atoms with Crippen molar-refractivity contribution in [1.82, 2.24) is 4.98 Å². The standard InChI is InChI=1S/C31H33F3N2OS/c1-5-25(27-17-20(2)11-13-26(27)21(3)23-9-7-6-8-10-23)22(4)28-14-12-24(18-36-28)38(37)19-29(35)30(15-16-30)31(32,33)34/h1,11-14,17-18,23,35H,3,6-10,15-16,19H2,2,4H3/b25-22+,35-29?. The summed E-state index contributed by atoms with van der Waals surface area (Å²) in [6.07, 6.45) is 8.64. The van der Waals surface area contributed by atoms with Crippen LogP contribution < -0.4 is 0 Å². The van der Waals surface area contributed by atoms with Gasteiger partial charge in [-0.25, -0.2) is 0 Å². The maximum atomic E-state index is 13.3. The number of alkyl halides is 3. The Morgan fingerprint density at radius 2 is 1.87 bits per heavy atom. The number of aryl methyl sites for hydroxylation is 1. The van der Waals surface area contributed by atoms with Crippen LogP contribution in [0, 0.1) is 36.0 Å². The molecule has 1 N–H and O–H groups in total. The zero-order valence-electron chi connectivity index (χ0n) is 21.9. The molecule has 38 heavy (non-hydrogen) atoms. The minimum atomic E-state index is -4.49. The Kier molecular flexibility index (Phi) is 8.13. The second-order valence-corrected chi connectivity index (χ2v) is 11.9. The lowest BCUT2D eigenvalue weighted by atomic mass is 9.79. The third kappa shape index (κ3) is 5.56. The molecule has 0 saturated heterocycles. The van der Waals surface area contributed by atoms with Gasteiger partial charge < -0.3 is 5.41 Å². The number of allylic oxidation sites excluding steroid dienone is 3. The summed E-state index contributed by atoms with van der Waals surface area (Å²) in [7, 11) is -1.80. The molecule has 3 nitrogen and oxygen atoms in total. The van der Waals surface area contributed by atoms with Crippen molar-refractivity contribution in [2.75, 3.05) is 5.75 Å². The molecule has 0 spiro atoms. The van der Waals surface area contributed by atoms with E-state index in [0.717, 1.165) is 40.7 Å². The zero-order chi connectivity index (χ0) is 27.7. The number of aromatic nitrogens is 1. The average molecular weight is 539 g/mol. The fourth-order valence-corrected chi connectivity index (χ4v) is 6.40. The Hall–Kier alpha value is -2.98. The summed E-state index contributed by atoms with van der Waals surface area (Å²) >= 11 is 0. The fraction of sp³-hybridized carbons (Fsp3) is 0.419. The summed E-state index contributed by atoms with van der Waals surface area (Å²) in [5.74, 6) is 2.82. The highest BCUT2D eigenvalue weighted by Gasteiger charge is 2.65. The molecular formula is C31H33F3N2OS. The van der Waals surface area contributed by atoms with E-state index in [2.05, 4.69) is 35.7 Å². The topological polar surface area (TPSA) is 53.8 Å². The van der Waals surface area contributed by atoms with Crippen molar-refractivity contribution in [3.63, 3.8) is 0 Å². The molecule has 1 unspecified atom stereocenters. The predicted octanol–water partition coefficient (Wildman–Crippen LogP) is 8.02. The van der Waals surface area contributed by atoms with Gasteiger partial charge in [0.1, 0.15) is 5.41 Å². The molecule has 2 saturated carbocycles. The normalized spacial score (nSPS) is 18.7. The Morgan fingerprint density at radius 3 is 2.42 bits per heavy atom. The molecule has 7 heteroatoms. The van der Waals surface area contributed by atoms with Gasteiger partial charge in [0.05, 0.1) is 27.1 Å². The van der Waals surface area contributed by atoms with Gasteiger partial charge in [0, 0.05) is 17.5 Å². The first kappa shape index (κ1) is 28.0. The fourth-order valence-electron chi connectivity index (χ4n) is 5.30. The van der Waals surface area contributed by atoms with E-state index in [9.17, 15) is 17.4 Å². The van der Waals surface area contributed by atoms with Crippen molar-refractivity contribution < 1.29 is 17.4 Å². The van der Waals surface area contributed by atoms with Crippen LogP contribution in [0.1, 0.15) is 74.3 Å². The van der Waals surface area contributed by atoms with Gasteiger partial charge >= 0.3 is 6.18 Å². The van der Waals surface area contributed by atoms with Crippen LogP contribution >= 0.6 is 0 Å². The molecule has 0 amide bonds. The summed E-state index contributed by atoms with van der Waals surface area (Å²) in [5, 5.41) is 7.95. The molecule has 200 valence electrons. The first-order chi connectivity index (χ1) is 18.0. The molecule has 0 bridgehead atoms. The van der Waals surface area contributed by atoms with Gasteiger partial charge in [0.15, 0.2) is 0 Å². The molecule has 4 rings (SSSR count). The van der Waals surface area contributed by atoms with Crippen LogP contribution in [-0.2, 0) is 10.8 Å². The van der Waals surface area contributed by atoms with Crippen LogP contribution in [0.25, 0.3) is 16.7 Å². The van der Waals surface area contributed by atoms with E-state index >= 15 is 0 Å². The van der Waals surface area contributed by atoms with Gasteiger partial charge in [-0.3, -0.25) is 9.19 Å². The zero-order valence-corrected chi connectivity index (χ0v) is 22.7. The highest BCUT2D eigenvalue weighted by molar-refractivity contribution is 7.85. The third-order valence-corrected chi connectivity index (χ3v) is 9.25. The van der Waals surface area contributed by atoms with Crippen molar-refractivity contribution in [3.8, 4) is 12.3 Å². The number of rotatable bonds is 8.